The number of carbonyl (C=O) groups is 2. The Morgan fingerprint density at radius 3 is 1.24 bits per heavy atom. The number of unbranched alkanes of at least 4 members (excludes halogenated alkanes) is 2. The van der Waals surface area contributed by atoms with Crippen molar-refractivity contribution in [3.05, 3.63) is 96.6 Å². The van der Waals surface area contributed by atoms with Gasteiger partial charge in [-0.15, -0.1) is 0 Å². The molecule has 0 aliphatic carbocycles. The fraction of sp³-hybridized carbons (Fsp3) is 0.333. The molecule has 0 aliphatic heterocycles. The standard InChI is InChI=1S/C39H44N6O6/c1-4-38(46)50-26-8-6-24-48-35-19-14-32(15-20-35)41-40-30-10-12-31(13-11-30)43-45-37-23-18-34(28-29(37)3)44-42-33-16-21-36(22-17-33)49-25-7-9-27-51-39(47)5-2/h10-23,28H,4-9,24-27H2,1-3H3. The van der Waals surface area contributed by atoms with Crippen LogP contribution in [-0.4, -0.2) is 38.4 Å². The van der Waals surface area contributed by atoms with Gasteiger partial charge in [0.05, 0.1) is 60.6 Å². The molecule has 266 valence electrons. The zero-order valence-corrected chi connectivity index (χ0v) is 29.4. The number of hydrogen-bond acceptors (Lipinski definition) is 12. The molecule has 0 heterocycles. The maximum Gasteiger partial charge on any atom is 0.305 e. The van der Waals surface area contributed by atoms with Crippen LogP contribution in [0.2, 0.25) is 0 Å². The topological polar surface area (TPSA) is 145 Å². The van der Waals surface area contributed by atoms with Gasteiger partial charge in [-0.1, -0.05) is 13.8 Å². The second kappa shape index (κ2) is 21.3. The third-order valence-corrected chi connectivity index (χ3v) is 7.26. The van der Waals surface area contributed by atoms with Gasteiger partial charge >= 0.3 is 11.9 Å². The molecular weight excluding hydrogens is 648 g/mol. The molecule has 12 nitrogen and oxygen atoms in total. The molecule has 4 rings (SSSR count). The number of carbonyl (C=O) groups excluding carboxylic acids is 2. The SMILES string of the molecule is CCC(=O)OCCCCOc1ccc(N=Nc2ccc(N=Nc3ccc(N=Nc4ccc(OCCCCOC(=O)CC)cc4)cc3C)cc2)cc1. The van der Waals surface area contributed by atoms with E-state index in [-0.39, 0.29) is 11.9 Å². The van der Waals surface area contributed by atoms with E-state index in [2.05, 4.69) is 30.7 Å². The van der Waals surface area contributed by atoms with Gasteiger partial charge in [0.25, 0.3) is 0 Å². The predicted molar refractivity (Wildman–Crippen MR) is 195 cm³/mol. The van der Waals surface area contributed by atoms with E-state index in [1.807, 2.05) is 97.9 Å². The molecule has 12 heteroatoms. The van der Waals surface area contributed by atoms with Crippen LogP contribution in [0.1, 0.15) is 57.9 Å². The first kappa shape index (κ1) is 38.0. The van der Waals surface area contributed by atoms with Gasteiger partial charge in [0, 0.05) is 12.8 Å². The Kier molecular flexibility index (Phi) is 15.9. The molecule has 0 atom stereocenters. The summed E-state index contributed by atoms with van der Waals surface area (Å²) in [6, 6.07) is 27.7. The number of nitrogens with zero attached hydrogens (tertiary/aromatic N) is 6. The molecule has 0 unspecified atom stereocenters. The van der Waals surface area contributed by atoms with Crippen molar-refractivity contribution in [2.24, 2.45) is 30.7 Å². The number of ether oxygens (including phenoxy) is 4. The van der Waals surface area contributed by atoms with E-state index in [1.54, 1.807) is 13.8 Å². The summed E-state index contributed by atoms with van der Waals surface area (Å²) in [6.07, 6.45) is 3.91. The molecule has 0 saturated carbocycles. The number of hydrogen-bond donors (Lipinski definition) is 0. The molecule has 0 fully saturated rings. The molecule has 4 aromatic carbocycles. The van der Waals surface area contributed by atoms with E-state index in [1.165, 1.54) is 0 Å². The van der Waals surface area contributed by atoms with Gasteiger partial charge in [0.1, 0.15) is 11.5 Å². The van der Waals surface area contributed by atoms with Crippen molar-refractivity contribution in [2.75, 3.05) is 26.4 Å². The molecule has 0 radical (unpaired) electrons. The van der Waals surface area contributed by atoms with Crippen LogP contribution < -0.4 is 9.47 Å². The molecule has 51 heavy (non-hydrogen) atoms. The highest BCUT2D eigenvalue weighted by Gasteiger charge is 2.03. The molecule has 0 N–H and O–H groups in total. The van der Waals surface area contributed by atoms with Crippen LogP contribution in [0, 0.1) is 6.92 Å². The van der Waals surface area contributed by atoms with Crippen LogP contribution in [0.4, 0.5) is 34.1 Å². The van der Waals surface area contributed by atoms with E-state index in [0.29, 0.717) is 67.7 Å². The van der Waals surface area contributed by atoms with Gasteiger partial charge in [-0.3, -0.25) is 9.59 Å². The summed E-state index contributed by atoms with van der Waals surface area (Å²) in [4.78, 5) is 22.3. The highest BCUT2D eigenvalue weighted by Crippen LogP contribution is 2.29. The fourth-order valence-electron chi connectivity index (χ4n) is 4.33. The zero-order valence-electron chi connectivity index (χ0n) is 29.4. The summed E-state index contributed by atoms with van der Waals surface area (Å²) in [5.74, 6) is 1.13. The molecule has 0 saturated heterocycles. The van der Waals surface area contributed by atoms with E-state index >= 15 is 0 Å². The van der Waals surface area contributed by atoms with Crippen LogP contribution in [0.5, 0.6) is 11.5 Å². The Labute approximate surface area is 298 Å². The van der Waals surface area contributed by atoms with Crippen molar-refractivity contribution in [1.82, 2.24) is 0 Å². The minimum Gasteiger partial charge on any atom is -0.494 e. The minimum atomic E-state index is -0.179. The largest absolute Gasteiger partial charge is 0.494 e. The molecule has 0 amide bonds. The smallest absolute Gasteiger partial charge is 0.305 e. The van der Waals surface area contributed by atoms with Gasteiger partial charge < -0.3 is 18.9 Å². The van der Waals surface area contributed by atoms with Crippen LogP contribution >= 0.6 is 0 Å². The van der Waals surface area contributed by atoms with Crippen molar-refractivity contribution < 1.29 is 28.5 Å². The molecule has 0 bridgehead atoms. The van der Waals surface area contributed by atoms with E-state index in [0.717, 1.165) is 48.4 Å². The van der Waals surface area contributed by atoms with Crippen molar-refractivity contribution in [1.29, 1.82) is 0 Å². The maximum absolute atomic E-state index is 11.2. The lowest BCUT2D eigenvalue weighted by molar-refractivity contribution is -0.144. The van der Waals surface area contributed by atoms with Gasteiger partial charge in [-0.05, 0) is 129 Å². The monoisotopic (exact) mass is 692 g/mol. The number of benzene rings is 4. The zero-order chi connectivity index (χ0) is 36.1. The minimum absolute atomic E-state index is 0.179. The number of esters is 2. The third-order valence-electron chi connectivity index (χ3n) is 7.26. The number of azo groups is 3. The van der Waals surface area contributed by atoms with Crippen LogP contribution in [0.25, 0.3) is 0 Å². The quantitative estimate of drug-likeness (QED) is 0.0512. The Bertz CT molecular complexity index is 1760. The maximum atomic E-state index is 11.2. The Balaban J connectivity index is 1.18. The second-order valence-electron chi connectivity index (χ2n) is 11.3. The van der Waals surface area contributed by atoms with Gasteiger partial charge in [0.15, 0.2) is 0 Å². The lowest BCUT2D eigenvalue weighted by Gasteiger charge is -2.06. The lowest BCUT2D eigenvalue weighted by Crippen LogP contribution is -2.05. The first-order chi connectivity index (χ1) is 24.9. The average Bonchev–Trinajstić information content (AvgIpc) is 3.16. The summed E-state index contributed by atoms with van der Waals surface area (Å²) in [5, 5.41) is 26.1. The predicted octanol–water partition coefficient (Wildman–Crippen LogP) is 11.5. The highest BCUT2D eigenvalue weighted by atomic mass is 16.5. The number of aryl methyl sites for hydroxylation is 1. The van der Waals surface area contributed by atoms with Crippen molar-refractivity contribution in [2.45, 2.75) is 59.3 Å². The summed E-state index contributed by atoms with van der Waals surface area (Å²) in [5.41, 5.74) is 5.14. The van der Waals surface area contributed by atoms with Crippen LogP contribution in [0.3, 0.4) is 0 Å². The third kappa shape index (κ3) is 14.3. The highest BCUT2D eigenvalue weighted by molar-refractivity contribution is 5.69. The summed E-state index contributed by atoms with van der Waals surface area (Å²) in [6.45, 7) is 7.43. The van der Waals surface area contributed by atoms with Gasteiger partial charge in [-0.25, -0.2) is 0 Å². The van der Waals surface area contributed by atoms with Crippen molar-refractivity contribution in [3.8, 4) is 11.5 Å². The lowest BCUT2D eigenvalue weighted by atomic mass is 10.2. The van der Waals surface area contributed by atoms with Gasteiger partial charge in [0.2, 0.25) is 0 Å². The Hall–Kier alpha value is -5.78. The van der Waals surface area contributed by atoms with E-state index in [9.17, 15) is 9.59 Å². The molecule has 4 aromatic rings. The Morgan fingerprint density at radius 1 is 0.471 bits per heavy atom. The fourth-order valence-corrected chi connectivity index (χ4v) is 4.33. The van der Waals surface area contributed by atoms with Gasteiger partial charge in [-0.2, -0.15) is 30.7 Å². The molecule has 0 aliphatic rings. The number of rotatable bonds is 20. The van der Waals surface area contributed by atoms with Crippen molar-refractivity contribution in [3.63, 3.8) is 0 Å². The molecular formula is C39H44N6O6. The normalized spacial score (nSPS) is 11.4. The van der Waals surface area contributed by atoms with Crippen LogP contribution in [0.15, 0.2) is 122 Å². The average molecular weight is 693 g/mol. The molecule has 0 aromatic heterocycles. The summed E-state index contributed by atoms with van der Waals surface area (Å²) < 4.78 is 21.6. The first-order valence-corrected chi connectivity index (χ1v) is 17.1. The summed E-state index contributed by atoms with van der Waals surface area (Å²) in [7, 11) is 0. The first-order valence-electron chi connectivity index (χ1n) is 17.1. The van der Waals surface area contributed by atoms with E-state index in [4.69, 9.17) is 18.9 Å². The summed E-state index contributed by atoms with van der Waals surface area (Å²) >= 11 is 0. The van der Waals surface area contributed by atoms with Crippen LogP contribution in [-0.2, 0) is 19.1 Å². The van der Waals surface area contributed by atoms with Crippen molar-refractivity contribution >= 4 is 46.1 Å². The Morgan fingerprint density at radius 2 is 0.824 bits per heavy atom. The molecule has 0 spiro atoms. The van der Waals surface area contributed by atoms with E-state index < -0.39 is 0 Å². The second-order valence-corrected chi connectivity index (χ2v) is 11.3.